The number of aromatic nitrogens is 1. The molecule has 0 spiro atoms. The van der Waals surface area contributed by atoms with Gasteiger partial charge in [-0.1, -0.05) is 45.9 Å². The fourth-order valence-electron chi connectivity index (χ4n) is 5.84. The third-order valence-electron chi connectivity index (χ3n) is 8.63. The van der Waals surface area contributed by atoms with Crippen LogP contribution in [-0.2, 0) is 11.3 Å². The zero-order valence-electron chi connectivity index (χ0n) is 20.5. The molecule has 2 fully saturated rings. The Labute approximate surface area is 196 Å². The van der Waals surface area contributed by atoms with E-state index in [4.69, 9.17) is 9.47 Å². The lowest BCUT2D eigenvalue weighted by Crippen LogP contribution is -2.20. The van der Waals surface area contributed by atoms with Gasteiger partial charge in [0.2, 0.25) is 0 Å². The highest BCUT2D eigenvalue weighted by atomic mass is 16.5. The number of hydrogen-bond donors (Lipinski definition) is 0. The number of hydrogen-bond acceptors (Lipinski definition) is 3. The molecule has 1 aliphatic carbocycles. The first kappa shape index (κ1) is 22.2. The van der Waals surface area contributed by atoms with E-state index in [-0.39, 0.29) is 22.5 Å². The minimum absolute atomic E-state index is 0.0175. The molecule has 1 saturated heterocycles. The first-order chi connectivity index (χ1) is 15.7. The summed E-state index contributed by atoms with van der Waals surface area (Å²) in [5, 5.41) is 1.06. The number of ketones is 1. The van der Waals surface area contributed by atoms with Gasteiger partial charge in [-0.15, -0.1) is 0 Å². The lowest BCUT2D eigenvalue weighted by molar-refractivity contribution is 0.0616. The van der Waals surface area contributed by atoms with Crippen molar-refractivity contribution in [3.05, 3.63) is 54.2 Å². The minimum Gasteiger partial charge on any atom is -0.497 e. The summed E-state index contributed by atoms with van der Waals surface area (Å²) in [5.41, 5.74) is 4.25. The van der Waals surface area contributed by atoms with E-state index < -0.39 is 0 Å². The van der Waals surface area contributed by atoms with Crippen molar-refractivity contribution in [1.82, 2.24) is 4.57 Å². The Kier molecular flexibility index (Phi) is 5.40. The molecule has 174 valence electrons. The first-order valence-electron chi connectivity index (χ1n) is 12.1. The molecule has 5 rings (SSSR count). The Balaban J connectivity index is 1.59. The van der Waals surface area contributed by atoms with E-state index in [2.05, 4.69) is 68.8 Å². The average Bonchev–Trinajstić information content (AvgIpc) is 3.06. The Hall–Kier alpha value is -2.59. The third-order valence-corrected chi connectivity index (χ3v) is 8.63. The predicted molar refractivity (Wildman–Crippen MR) is 133 cm³/mol. The van der Waals surface area contributed by atoms with E-state index in [9.17, 15) is 4.79 Å². The molecule has 0 bridgehead atoms. The van der Waals surface area contributed by atoms with E-state index >= 15 is 0 Å². The number of Topliss-reactive ketones (excluding diaryl/α,β-unsaturated/α-hetero) is 1. The van der Waals surface area contributed by atoms with Crippen molar-refractivity contribution in [3.8, 4) is 16.9 Å². The van der Waals surface area contributed by atoms with Crippen LogP contribution in [0.1, 0.15) is 50.9 Å². The van der Waals surface area contributed by atoms with Crippen LogP contribution in [0, 0.1) is 22.7 Å². The Morgan fingerprint density at radius 3 is 2.39 bits per heavy atom. The number of benzene rings is 2. The second-order valence-electron chi connectivity index (χ2n) is 11.0. The van der Waals surface area contributed by atoms with Gasteiger partial charge in [-0.05, 0) is 65.0 Å². The number of nitrogens with zero attached hydrogens (tertiary/aromatic N) is 1. The molecule has 0 atom stereocenters. The van der Waals surface area contributed by atoms with Crippen LogP contribution in [0.3, 0.4) is 0 Å². The summed E-state index contributed by atoms with van der Waals surface area (Å²) in [4.78, 5) is 13.9. The second-order valence-corrected chi connectivity index (χ2v) is 11.0. The van der Waals surface area contributed by atoms with Crippen LogP contribution >= 0.6 is 0 Å². The van der Waals surface area contributed by atoms with Gasteiger partial charge < -0.3 is 14.0 Å². The fourth-order valence-corrected chi connectivity index (χ4v) is 5.84. The molecular formula is C29H35NO3. The van der Waals surface area contributed by atoms with E-state index in [1.54, 1.807) is 7.11 Å². The third kappa shape index (κ3) is 3.69. The number of carbonyl (C=O) groups excluding carboxylic acids is 1. The van der Waals surface area contributed by atoms with E-state index in [0.717, 1.165) is 65.9 Å². The molecule has 33 heavy (non-hydrogen) atoms. The quantitative estimate of drug-likeness (QED) is 0.401. The first-order valence-corrected chi connectivity index (χ1v) is 12.1. The number of rotatable bonds is 6. The number of ether oxygens (including phenoxy) is 2. The van der Waals surface area contributed by atoms with Crippen molar-refractivity contribution in [2.75, 3.05) is 20.3 Å². The van der Waals surface area contributed by atoms with Gasteiger partial charge in [0.25, 0.3) is 0 Å². The van der Waals surface area contributed by atoms with Gasteiger partial charge in [0.05, 0.1) is 7.11 Å². The van der Waals surface area contributed by atoms with Crippen LogP contribution in [0.5, 0.6) is 5.75 Å². The summed E-state index contributed by atoms with van der Waals surface area (Å²) >= 11 is 0. The van der Waals surface area contributed by atoms with Crippen LogP contribution in [0.25, 0.3) is 22.0 Å². The molecule has 4 heteroatoms. The van der Waals surface area contributed by atoms with E-state index in [0.29, 0.717) is 5.92 Å². The van der Waals surface area contributed by atoms with Gasteiger partial charge in [0.1, 0.15) is 5.75 Å². The maximum absolute atomic E-state index is 13.9. The lowest BCUT2D eigenvalue weighted by atomic mass is 9.98. The zero-order valence-corrected chi connectivity index (χ0v) is 20.5. The van der Waals surface area contributed by atoms with Gasteiger partial charge in [0, 0.05) is 48.3 Å². The molecule has 1 saturated carbocycles. The van der Waals surface area contributed by atoms with Crippen LogP contribution < -0.4 is 4.74 Å². The predicted octanol–water partition coefficient (Wildman–Crippen LogP) is 6.61. The summed E-state index contributed by atoms with van der Waals surface area (Å²) in [6, 6.07) is 14.7. The van der Waals surface area contributed by atoms with Crippen molar-refractivity contribution in [2.24, 2.45) is 22.7 Å². The van der Waals surface area contributed by atoms with Crippen LogP contribution in [0.4, 0.5) is 0 Å². The van der Waals surface area contributed by atoms with Gasteiger partial charge >= 0.3 is 0 Å². The molecule has 2 aliphatic rings. The van der Waals surface area contributed by atoms with Crippen LogP contribution in [0.15, 0.2) is 48.7 Å². The van der Waals surface area contributed by atoms with E-state index in [1.165, 1.54) is 0 Å². The molecule has 0 unspecified atom stereocenters. The Morgan fingerprint density at radius 1 is 1.03 bits per heavy atom. The molecule has 0 N–H and O–H groups in total. The van der Waals surface area contributed by atoms with Crippen molar-refractivity contribution in [3.63, 3.8) is 0 Å². The molecule has 1 aromatic heterocycles. The average molecular weight is 446 g/mol. The zero-order chi connectivity index (χ0) is 23.4. The number of methoxy groups -OCH3 is 1. The maximum Gasteiger partial charge on any atom is 0.169 e. The highest BCUT2D eigenvalue weighted by molar-refractivity contribution is 6.11. The second kappa shape index (κ2) is 8.02. The van der Waals surface area contributed by atoms with Crippen molar-refractivity contribution in [2.45, 2.75) is 47.1 Å². The molecular weight excluding hydrogens is 410 g/mol. The largest absolute Gasteiger partial charge is 0.497 e. The molecule has 2 aromatic carbocycles. The molecule has 1 aliphatic heterocycles. The van der Waals surface area contributed by atoms with Crippen molar-refractivity contribution >= 4 is 16.7 Å². The number of carbonyl (C=O) groups is 1. The smallest absolute Gasteiger partial charge is 0.169 e. The molecule has 0 radical (unpaired) electrons. The van der Waals surface area contributed by atoms with Gasteiger partial charge in [-0.3, -0.25) is 4.79 Å². The van der Waals surface area contributed by atoms with Crippen molar-refractivity contribution in [1.29, 1.82) is 0 Å². The maximum atomic E-state index is 13.9. The van der Waals surface area contributed by atoms with Gasteiger partial charge in [-0.25, -0.2) is 0 Å². The normalized spacial score (nSPS) is 20.2. The number of fused-ring (bicyclic) bond motifs is 1. The summed E-state index contributed by atoms with van der Waals surface area (Å²) in [6.45, 7) is 11.5. The Bertz CT molecular complexity index is 1180. The highest BCUT2D eigenvalue weighted by Gasteiger charge is 2.68. The molecule has 0 amide bonds. The fraction of sp³-hybridized carbons (Fsp3) is 0.483. The Morgan fingerprint density at radius 2 is 1.73 bits per heavy atom. The summed E-state index contributed by atoms with van der Waals surface area (Å²) in [7, 11) is 1.69. The highest BCUT2D eigenvalue weighted by Crippen LogP contribution is 2.69. The monoisotopic (exact) mass is 445 g/mol. The summed E-state index contributed by atoms with van der Waals surface area (Å²) in [6.07, 6.45) is 4.28. The van der Waals surface area contributed by atoms with Crippen molar-refractivity contribution < 1.29 is 14.3 Å². The van der Waals surface area contributed by atoms with Crippen LogP contribution in [0.2, 0.25) is 0 Å². The molecule has 3 aromatic rings. The minimum atomic E-state index is 0.0175. The molecule has 4 nitrogen and oxygen atoms in total. The van der Waals surface area contributed by atoms with Gasteiger partial charge in [-0.2, -0.15) is 0 Å². The summed E-state index contributed by atoms with van der Waals surface area (Å²) in [5.74, 6) is 1.75. The van der Waals surface area contributed by atoms with E-state index in [1.807, 2.05) is 12.1 Å². The van der Waals surface area contributed by atoms with Gasteiger partial charge in [0.15, 0.2) is 5.78 Å². The lowest BCUT2D eigenvalue weighted by Gasteiger charge is -2.22. The van der Waals surface area contributed by atoms with Crippen LogP contribution in [-0.4, -0.2) is 30.7 Å². The topological polar surface area (TPSA) is 40.5 Å². The SMILES string of the molecule is COc1cccc(-c2ccc3c(c2)c(C(=O)C2C(C)(C)C2(C)C)cn3CC2CCOCC2)c1. The molecule has 2 heterocycles. The summed E-state index contributed by atoms with van der Waals surface area (Å²) < 4.78 is 13.3. The standard InChI is InChI=1S/C29H35NO3/c1-28(2)27(29(28,3)4)26(31)24-18-30(17-19-11-13-33-14-12-19)25-10-9-21(16-23(24)25)20-7-6-8-22(15-20)32-5/h6-10,15-16,18-19,27H,11-14,17H2,1-5H3.